The summed E-state index contributed by atoms with van der Waals surface area (Å²) in [5.74, 6) is 1.76. The number of aromatic amines is 1. The van der Waals surface area contributed by atoms with Crippen LogP contribution in [-0.4, -0.2) is 56.5 Å². The van der Waals surface area contributed by atoms with Crippen LogP contribution >= 0.6 is 0 Å². The number of benzene rings is 1. The van der Waals surface area contributed by atoms with Gasteiger partial charge in [0, 0.05) is 31.3 Å². The van der Waals surface area contributed by atoms with Crippen molar-refractivity contribution in [3.8, 4) is 5.75 Å². The largest absolute Gasteiger partial charge is 0.497 e. The molecule has 2 aromatic heterocycles. The lowest BCUT2D eigenvalue weighted by atomic mass is 9.97. The number of fused-ring (bicyclic) bond motifs is 1. The number of ether oxygens (including phenoxy) is 2. The van der Waals surface area contributed by atoms with Crippen LogP contribution in [0.3, 0.4) is 0 Å². The summed E-state index contributed by atoms with van der Waals surface area (Å²) in [5, 5.41) is 13.9. The molecule has 0 aliphatic carbocycles. The van der Waals surface area contributed by atoms with Gasteiger partial charge in [-0.05, 0) is 73.0 Å². The second-order valence-electron chi connectivity index (χ2n) is 10.4. The minimum absolute atomic E-state index is 0.0778. The zero-order chi connectivity index (χ0) is 25.2. The maximum atomic E-state index is 13.2. The Morgan fingerprint density at radius 1 is 1.31 bits per heavy atom. The van der Waals surface area contributed by atoms with Crippen molar-refractivity contribution in [3.63, 3.8) is 0 Å². The van der Waals surface area contributed by atoms with Gasteiger partial charge in [0.25, 0.3) is 5.56 Å². The maximum Gasteiger partial charge on any atom is 0.252 e. The molecule has 3 heterocycles. The van der Waals surface area contributed by atoms with Crippen LogP contribution in [-0.2, 0) is 16.8 Å². The molecule has 0 bridgehead atoms. The lowest BCUT2D eigenvalue weighted by Crippen LogP contribution is -2.41. The molecule has 9 nitrogen and oxygen atoms in total. The Morgan fingerprint density at radius 2 is 2.11 bits per heavy atom. The predicted molar refractivity (Wildman–Crippen MR) is 136 cm³/mol. The van der Waals surface area contributed by atoms with E-state index in [2.05, 4.69) is 60.0 Å². The highest BCUT2D eigenvalue weighted by molar-refractivity contribution is 5.80. The molecule has 0 amide bonds. The zero-order valence-corrected chi connectivity index (χ0v) is 21.7. The summed E-state index contributed by atoms with van der Waals surface area (Å²) in [5.41, 5.74) is 1.15. The van der Waals surface area contributed by atoms with Gasteiger partial charge < -0.3 is 14.5 Å². The number of hydrogen-bond donors (Lipinski definition) is 1. The highest BCUT2D eigenvalue weighted by Gasteiger charge is 2.35. The van der Waals surface area contributed by atoms with Crippen LogP contribution in [0.15, 0.2) is 29.1 Å². The van der Waals surface area contributed by atoms with E-state index >= 15 is 0 Å². The fourth-order valence-corrected chi connectivity index (χ4v) is 4.86. The number of nitrogens with zero attached hydrogens (tertiary/aromatic N) is 5. The molecule has 0 spiro atoms. The van der Waals surface area contributed by atoms with Gasteiger partial charge in [-0.1, -0.05) is 20.8 Å². The molecular formula is C26H38N6O3. The van der Waals surface area contributed by atoms with Gasteiger partial charge in [-0.3, -0.25) is 9.69 Å². The summed E-state index contributed by atoms with van der Waals surface area (Å²) >= 11 is 0. The van der Waals surface area contributed by atoms with E-state index in [1.165, 1.54) is 0 Å². The minimum atomic E-state index is -0.221. The summed E-state index contributed by atoms with van der Waals surface area (Å²) in [6, 6.07) is 7.63. The zero-order valence-electron chi connectivity index (χ0n) is 21.7. The highest BCUT2D eigenvalue weighted by Crippen LogP contribution is 2.33. The van der Waals surface area contributed by atoms with Crippen molar-refractivity contribution in [2.75, 3.05) is 20.3 Å². The predicted octanol–water partition coefficient (Wildman–Crippen LogP) is 4.05. The van der Waals surface area contributed by atoms with Crippen LogP contribution in [0.4, 0.5) is 0 Å². The molecule has 190 valence electrons. The van der Waals surface area contributed by atoms with E-state index in [-0.39, 0.29) is 29.2 Å². The molecule has 0 radical (unpaired) electrons. The summed E-state index contributed by atoms with van der Waals surface area (Å²) in [6.07, 6.45) is 3.10. The molecule has 1 aliphatic rings. The van der Waals surface area contributed by atoms with E-state index in [1.54, 1.807) is 7.11 Å². The van der Waals surface area contributed by atoms with Crippen LogP contribution in [0.2, 0.25) is 0 Å². The van der Waals surface area contributed by atoms with Gasteiger partial charge in [-0.25, -0.2) is 4.68 Å². The maximum absolute atomic E-state index is 13.2. The second-order valence-corrected chi connectivity index (χ2v) is 10.4. The van der Waals surface area contributed by atoms with Crippen LogP contribution in [0.25, 0.3) is 10.9 Å². The van der Waals surface area contributed by atoms with Gasteiger partial charge in [0.15, 0.2) is 5.82 Å². The number of tetrazole rings is 1. The van der Waals surface area contributed by atoms with Gasteiger partial charge in [0.1, 0.15) is 5.75 Å². The first-order chi connectivity index (χ1) is 16.7. The number of nitrogens with one attached hydrogen (secondary N) is 1. The second kappa shape index (κ2) is 10.5. The monoisotopic (exact) mass is 482 g/mol. The molecule has 0 unspecified atom stereocenters. The average molecular weight is 483 g/mol. The van der Waals surface area contributed by atoms with Crippen molar-refractivity contribution < 1.29 is 9.47 Å². The third-order valence-electron chi connectivity index (χ3n) is 7.19. The minimum Gasteiger partial charge on any atom is -0.497 e. The molecule has 4 rings (SSSR count). The third-order valence-corrected chi connectivity index (χ3v) is 7.19. The van der Waals surface area contributed by atoms with Gasteiger partial charge in [-0.2, -0.15) is 0 Å². The molecule has 1 aromatic carbocycles. The van der Waals surface area contributed by atoms with Crippen LogP contribution in [0.5, 0.6) is 5.75 Å². The molecule has 35 heavy (non-hydrogen) atoms. The summed E-state index contributed by atoms with van der Waals surface area (Å²) in [4.78, 5) is 18.5. The number of aromatic nitrogens is 5. The standard InChI is InChI=1S/C26H38N6O3/c1-7-26(4,5)32-24(28-29-30-32)23(17(2)3)31(16-21-9-8-12-35-21)15-19-13-18-10-11-20(34-6)14-22(18)27-25(19)33/h10-11,13-14,17,21,23H,7-9,12,15-16H2,1-6H3,(H,27,33)/t21-,23+/m0/s1. The molecule has 3 aromatic rings. The Hall–Kier alpha value is -2.78. The van der Waals surface area contributed by atoms with Crippen LogP contribution in [0, 0.1) is 5.92 Å². The third kappa shape index (κ3) is 5.41. The average Bonchev–Trinajstić information content (AvgIpc) is 3.52. The highest BCUT2D eigenvalue weighted by atomic mass is 16.5. The van der Waals surface area contributed by atoms with Crippen molar-refractivity contribution in [3.05, 3.63) is 46.0 Å². The first-order valence-corrected chi connectivity index (χ1v) is 12.6. The Bertz CT molecular complexity index is 1200. The van der Waals surface area contributed by atoms with Gasteiger partial charge >= 0.3 is 0 Å². The molecule has 1 saturated heterocycles. The van der Waals surface area contributed by atoms with Crippen molar-refractivity contribution in [2.24, 2.45) is 5.92 Å². The summed E-state index contributed by atoms with van der Waals surface area (Å²) in [7, 11) is 1.62. The SMILES string of the molecule is CCC(C)(C)n1nnnc1[C@@H](C(C)C)N(Cc1cc2ccc(OC)cc2[nH]c1=O)C[C@@H]1CCCO1. The fraction of sp³-hybridized carbons (Fsp3) is 0.615. The van der Waals surface area contributed by atoms with E-state index in [0.717, 1.165) is 42.6 Å². The van der Waals surface area contributed by atoms with Crippen LogP contribution < -0.4 is 10.3 Å². The van der Waals surface area contributed by atoms with Crippen LogP contribution in [0.1, 0.15) is 71.3 Å². The molecule has 0 saturated carbocycles. The van der Waals surface area contributed by atoms with Crippen molar-refractivity contribution in [2.45, 2.75) is 78.1 Å². The normalized spacial score (nSPS) is 17.5. The number of H-pyrrole nitrogens is 1. The van der Waals surface area contributed by atoms with Gasteiger partial charge in [0.05, 0.1) is 30.3 Å². The molecule has 1 N–H and O–H groups in total. The quantitative estimate of drug-likeness (QED) is 0.465. The topological polar surface area (TPSA) is 98.2 Å². The lowest BCUT2D eigenvalue weighted by molar-refractivity contribution is 0.0368. The first kappa shape index (κ1) is 25.3. The molecule has 1 fully saturated rings. The number of methoxy groups -OCH3 is 1. The molecule has 1 aliphatic heterocycles. The van der Waals surface area contributed by atoms with Gasteiger partial charge in [0.2, 0.25) is 0 Å². The Morgan fingerprint density at radius 3 is 2.77 bits per heavy atom. The fourth-order valence-electron chi connectivity index (χ4n) is 4.86. The van der Waals surface area contributed by atoms with E-state index in [4.69, 9.17) is 9.47 Å². The van der Waals surface area contributed by atoms with E-state index in [9.17, 15) is 4.79 Å². The van der Waals surface area contributed by atoms with E-state index < -0.39 is 0 Å². The number of hydrogen-bond acceptors (Lipinski definition) is 7. The smallest absolute Gasteiger partial charge is 0.252 e. The molecule has 2 atom stereocenters. The Labute approximate surface area is 206 Å². The summed E-state index contributed by atoms with van der Waals surface area (Å²) < 4.78 is 13.3. The van der Waals surface area contributed by atoms with Crippen molar-refractivity contribution in [1.82, 2.24) is 30.1 Å². The molecular weight excluding hydrogens is 444 g/mol. The lowest BCUT2D eigenvalue weighted by Gasteiger charge is -2.36. The Balaban J connectivity index is 1.75. The number of rotatable bonds is 10. The van der Waals surface area contributed by atoms with Crippen molar-refractivity contribution in [1.29, 1.82) is 0 Å². The Kier molecular flexibility index (Phi) is 7.56. The first-order valence-electron chi connectivity index (χ1n) is 12.6. The summed E-state index contributed by atoms with van der Waals surface area (Å²) in [6.45, 7) is 12.8. The number of pyridine rings is 1. The van der Waals surface area contributed by atoms with E-state index in [1.807, 2.05) is 28.9 Å². The molecule has 9 heteroatoms. The van der Waals surface area contributed by atoms with Gasteiger partial charge in [-0.15, -0.1) is 5.10 Å². The van der Waals surface area contributed by atoms with E-state index in [0.29, 0.717) is 24.4 Å². The van der Waals surface area contributed by atoms with Crippen molar-refractivity contribution >= 4 is 10.9 Å².